The molecule has 0 spiro atoms. The first-order chi connectivity index (χ1) is 9.44. The van der Waals surface area contributed by atoms with Gasteiger partial charge >= 0.3 is 10.1 Å². The van der Waals surface area contributed by atoms with Crippen molar-refractivity contribution in [1.82, 2.24) is 0 Å². The van der Waals surface area contributed by atoms with Crippen molar-refractivity contribution >= 4 is 10.1 Å². The van der Waals surface area contributed by atoms with Crippen molar-refractivity contribution in [2.75, 3.05) is 7.11 Å². The number of benzene rings is 2. The Morgan fingerprint density at radius 1 is 0.950 bits per heavy atom. The molecule has 0 bridgehead atoms. The fourth-order valence-electron chi connectivity index (χ4n) is 1.82. The summed E-state index contributed by atoms with van der Waals surface area (Å²) >= 11 is 0. The number of aryl methyl sites for hydroxylation is 2. The zero-order chi connectivity index (χ0) is 14.8. The second-order valence-electron chi connectivity index (χ2n) is 4.46. The highest BCUT2D eigenvalue weighted by molar-refractivity contribution is 7.87. The molecule has 0 fully saturated rings. The van der Waals surface area contributed by atoms with Crippen LogP contribution in [-0.2, 0) is 10.1 Å². The Kier molecular flexibility index (Phi) is 3.99. The molecule has 0 aliphatic carbocycles. The van der Waals surface area contributed by atoms with Crippen LogP contribution in [0.2, 0.25) is 0 Å². The zero-order valence-electron chi connectivity index (χ0n) is 11.6. The van der Waals surface area contributed by atoms with Gasteiger partial charge in [0.05, 0.1) is 7.11 Å². The Balaban J connectivity index is 2.38. The van der Waals surface area contributed by atoms with Gasteiger partial charge in [0, 0.05) is 0 Å². The smallest absolute Gasteiger partial charge is 0.339 e. The van der Waals surface area contributed by atoms with Crippen molar-refractivity contribution in [3.8, 4) is 11.5 Å². The fraction of sp³-hybridized carbons (Fsp3) is 0.200. The minimum absolute atomic E-state index is 0.117. The van der Waals surface area contributed by atoms with Crippen LogP contribution in [0.5, 0.6) is 11.5 Å². The molecule has 0 N–H and O–H groups in total. The van der Waals surface area contributed by atoms with Gasteiger partial charge in [-0.25, -0.2) is 0 Å². The third-order valence-corrected chi connectivity index (χ3v) is 4.14. The molecule has 2 rings (SSSR count). The van der Waals surface area contributed by atoms with Crippen LogP contribution in [0.3, 0.4) is 0 Å². The monoisotopic (exact) mass is 292 g/mol. The number of methoxy groups -OCH3 is 1. The number of rotatable bonds is 4. The lowest BCUT2D eigenvalue weighted by molar-refractivity contribution is 0.388. The molecule has 0 atom stereocenters. The Morgan fingerprint density at radius 2 is 1.60 bits per heavy atom. The summed E-state index contributed by atoms with van der Waals surface area (Å²) in [4.78, 5) is 0.117. The van der Waals surface area contributed by atoms with Crippen LogP contribution in [0.15, 0.2) is 47.4 Å². The Hall–Kier alpha value is -2.01. The van der Waals surface area contributed by atoms with Crippen molar-refractivity contribution < 1.29 is 17.3 Å². The molecule has 20 heavy (non-hydrogen) atoms. The maximum absolute atomic E-state index is 12.2. The highest BCUT2D eigenvalue weighted by Gasteiger charge is 2.19. The lowest BCUT2D eigenvalue weighted by atomic mass is 10.2. The van der Waals surface area contributed by atoms with E-state index in [0.29, 0.717) is 5.75 Å². The lowest BCUT2D eigenvalue weighted by Crippen LogP contribution is -2.10. The van der Waals surface area contributed by atoms with E-state index in [1.807, 2.05) is 19.9 Å². The number of ether oxygens (including phenoxy) is 1. The van der Waals surface area contributed by atoms with E-state index in [2.05, 4.69) is 0 Å². The molecule has 0 aromatic heterocycles. The first-order valence-electron chi connectivity index (χ1n) is 6.09. The molecule has 5 heteroatoms. The van der Waals surface area contributed by atoms with Crippen molar-refractivity contribution in [3.63, 3.8) is 0 Å². The molecule has 0 unspecified atom stereocenters. The Morgan fingerprint density at radius 3 is 2.20 bits per heavy atom. The molecule has 0 heterocycles. The summed E-state index contributed by atoms with van der Waals surface area (Å²) in [6.45, 7) is 3.71. The number of hydrogen-bond acceptors (Lipinski definition) is 4. The van der Waals surface area contributed by atoms with Gasteiger partial charge in [0.25, 0.3) is 0 Å². The minimum atomic E-state index is -3.86. The summed E-state index contributed by atoms with van der Waals surface area (Å²) in [6.07, 6.45) is 0. The van der Waals surface area contributed by atoms with Gasteiger partial charge in [-0.05, 0) is 37.6 Å². The molecule has 0 saturated heterocycles. The lowest BCUT2D eigenvalue weighted by Gasteiger charge is -2.12. The largest absolute Gasteiger partial charge is 0.493 e. The van der Waals surface area contributed by atoms with Crippen LogP contribution < -0.4 is 8.92 Å². The maximum atomic E-state index is 12.2. The highest BCUT2D eigenvalue weighted by atomic mass is 32.2. The molecule has 4 nitrogen and oxygen atoms in total. The van der Waals surface area contributed by atoms with E-state index < -0.39 is 10.1 Å². The van der Waals surface area contributed by atoms with Gasteiger partial charge < -0.3 is 8.92 Å². The van der Waals surface area contributed by atoms with E-state index in [4.69, 9.17) is 8.92 Å². The molecule has 0 amide bonds. The maximum Gasteiger partial charge on any atom is 0.339 e. The molecule has 0 aliphatic rings. The van der Waals surface area contributed by atoms with E-state index in [9.17, 15) is 8.42 Å². The van der Waals surface area contributed by atoms with Crippen molar-refractivity contribution in [2.24, 2.45) is 0 Å². The van der Waals surface area contributed by atoms with Crippen molar-refractivity contribution in [2.45, 2.75) is 18.7 Å². The standard InChI is InChI=1S/C15H16O4S/c1-11-7-9-13(10-8-11)20(16,17)19-14-6-4-5-12(2)15(14)18-3/h4-10H,1-3H3. The first kappa shape index (κ1) is 14.4. The van der Waals surface area contributed by atoms with E-state index in [-0.39, 0.29) is 10.6 Å². The van der Waals surface area contributed by atoms with Gasteiger partial charge in [0.1, 0.15) is 4.90 Å². The molecular formula is C15H16O4S. The van der Waals surface area contributed by atoms with Crippen molar-refractivity contribution in [1.29, 1.82) is 0 Å². The summed E-state index contributed by atoms with van der Waals surface area (Å²) in [6, 6.07) is 11.6. The van der Waals surface area contributed by atoms with Crippen LogP contribution in [0.25, 0.3) is 0 Å². The third-order valence-electron chi connectivity index (χ3n) is 2.89. The molecule has 0 saturated carbocycles. The van der Waals surface area contributed by atoms with E-state index in [1.54, 1.807) is 24.3 Å². The van der Waals surface area contributed by atoms with Gasteiger partial charge in [0.2, 0.25) is 0 Å². The fourth-order valence-corrected chi connectivity index (χ4v) is 2.76. The van der Waals surface area contributed by atoms with Crippen LogP contribution in [0, 0.1) is 13.8 Å². The van der Waals surface area contributed by atoms with Gasteiger partial charge in [-0.2, -0.15) is 8.42 Å². The SMILES string of the molecule is COc1c(C)cccc1OS(=O)(=O)c1ccc(C)cc1. The summed E-state index contributed by atoms with van der Waals surface area (Å²) < 4.78 is 34.8. The van der Waals surface area contributed by atoms with Gasteiger partial charge in [-0.3, -0.25) is 0 Å². The Bertz CT molecular complexity index is 703. The quantitative estimate of drug-likeness (QED) is 0.813. The Labute approximate surface area is 119 Å². The number of hydrogen-bond donors (Lipinski definition) is 0. The second-order valence-corrected chi connectivity index (χ2v) is 6.00. The van der Waals surface area contributed by atoms with Gasteiger partial charge in [-0.15, -0.1) is 0 Å². The summed E-state index contributed by atoms with van der Waals surface area (Å²) in [5.74, 6) is 0.608. The van der Waals surface area contributed by atoms with Gasteiger partial charge in [0.15, 0.2) is 11.5 Å². The molecule has 2 aromatic rings. The molecule has 2 aromatic carbocycles. The average molecular weight is 292 g/mol. The van der Waals surface area contributed by atoms with E-state index >= 15 is 0 Å². The second kappa shape index (κ2) is 5.54. The number of para-hydroxylation sites is 1. The minimum Gasteiger partial charge on any atom is -0.493 e. The first-order valence-corrected chi connectivity index (χ1v) is 7.49. The summed E-state index contributed by atoms with van der Waals surface area (Å²) in [7, 11) is -2.38. The summed E-state index contributed by atoms with van der Waals surface area (Å²) in [5.41, 5.74) is 1.79. The zero-order valence-corrected chi connectivity index (χ0v) is 12.4. The van der Waals surface area contributed by atoms with Crippen LogP contribution in [0.1, 0.15) is 11.1 Å². The average Bonchev–Trinajstić information content (AvgIpc) is 2.39. The van der Waals surface area contributed by atoms with Gasteiger partial charge in [-0.1, -0.05) is 29.8 Å². The molecule has 106 valence electrons. The normalized spacial score (nSPS) is 11.2. The topological polar surface area (TPSA) is 52.6 Å². The predicted molar refractivity (Wildman–Crippen MR) is 76.7 cm³/mol. The van der Waals surface area contributed by atoms with Crippen molar-refractivity contribution in [3.05, 3.63) is 53.6 Å². The van der Waals surface area contributed by atoms with E-state index in [1.165, 1.54) is 19.2 Å². The summed E-state index contributed by atoms with van der Waals surface area (Å²) in [5, 5.41) is 0. The molecule has 0 aliphatic heterocycles. The van der Waals surface area contributed by atoms with Crippen LogP contribution >= 0.6 is 0 Å². The predicted octanol–water partition coefficient (Wildman–Crippen LogP) is 3.08. The van der Waals surface area contributed by atoms with E-state index in [0.717, 1.165) is 11.1 Å². The molecular weight excluding hydrogens is 276 g/mol. The van der Waals surface area contributed by atoms with Crippen LogP contribution in [-0.4, -0.2) is 15.5 Å². The highest BCUT2D eigenvalue weighted by Crippen LogP contribution is 2.32. The molecule has 0 radical (unpaired) electrons. The van der Waals surface area contributed by atoms with Crippen LogP contribution in [0.4, 0.5) is 0 Å². The third kappa shape index (κ3) is 2.93.